The number of aromatic amines is 1. The van der Waals surface area contributed by atoms with Gasteiger partial charge in [0.05, 0.1) is 24.0 Å². The Labute approximate surface area is 134 Å². The van der Waals surface area contributed by atoms with Gasteiger partial charge >= 0.3 is 0 Å². The molecule has 0 bridgehead atoms. The van der Waals surface area contributed by atoms with Gasteiger partial charge in [-0.25, -0.2) is 0 Å². The third-order valence-electron chi connectivity index (χ3n) is 4.01. The van der Waals surface area contributed by atoms with Crippen LogP contribution >= 0.6 is 11.6 Å². The molecule has 5 nitrogen and oxygen atoms in total. The quantitative estimate of drug-likeness (QED) is 0.811. The summed E-state index contributed by atoms with van der Waals surface area (Å²) >= 11 is 6.10. The SMILES string of the molecule is Cc1ccc(CC(=O)Nc2cn[nH]c2C2CCNC2)cc1Cl. The first-order chi connectivity index (χ1) is 10.6. The van der Waals surface area contributed by atoms with Gasteiger partial charge in [0.2, 0.25) is 5.91 Å². The summed E-state index contributed by atoms with van der Waals surface area (Å²) in [5, 5.41) is 14.0. The zero-order chi connectivity index (χ0) is 15.5. The minimum absolute atomic E-state index is 0.0616. The summed E-state index contributed by atoms with van der Waals surface area (Å²) < 4.78 is 0. The second-order valence-electron chi connectivity index (χ2n) is 5.70. The van der Waals surface area contributed by atoms with Gasteiger partial charge in [-0.2, -0.15) is 5.10 Å². The average molecular weight is 319 g/mol. The van der Waals surface area contributed by atoms with Crippen molar-refractivity contribution >= 4 is 23.2 Å². The summed E-state index contributed by atoms with van der Waals surface area (Å²) in [6.45, 7) is 3.86. The molecule has 1 aliphatic rings. The highest BCUT2D eigenvalue weighted by molar-refractivity contribution is 6.31. The van der Waals surface area contributed by atoms with Crippen molar-refractivity contribution in [3.63, 3.8) is 0 Å². The molecule has 2 heterocycles. The van der Waals surface area contributed by atoms with E-state index in [1.54, 1.807) is 6.20 Å². The monoisotopic (exact) mass is 318 g/mol. The average Bonchev–Trinajstić information content (AvgIpc) is 3.13. The van der Waals surface area contributed by atoms with Gasteiger partial charge in [-0.3, -0.25) is 9.89 Å². The summed E-state index contributed by atoms with van der Waals surface area (Å²) in [5.41, 5.74) is 3.69. The van der Waals surface area contributed by atoms with Crippen molar-refractivity contribution in [1.29, 1.82) is 0 Å². The number of amides is 1. The third kappa shape index (κ3) is 3.31. The van der Waals surface area contributed by atoms with Gasteiger partial charge in [0.1, 0.15) is 0 Å². The summed E-state index contributed by atoms with van der Waals surface area (Å²) in [7, 11) is 0. The Morgan fingerprint density at radius 2 is 2.36 bits per heavy atom. The lowest BCUT2D eigenvalue weighted by atomic mass is 10.0. The molecule has 0 spiro atoms. The van der Waals surface area contributed by atoms with Gasteiger partial charge in [-0.15, -0.1) is 0 Å². The van der Waals surface area contributed by atoms with Crippen molar-refractivity contribution in [1.82, 2.24) is 15.5 Å². The molecular weight excluding hydrogens is 300 g/mol. The first-order valence-corrected chi connectivity index (χ1v) is 7.80. The number of aromatic nitrogens is 2. The Kier molecular flexibility index (Phi) is 4.45. The molecule has 0 aliphatic carbocycles. The van der Waals surface area contributed by atoms with Gasteiger partial charge in [0.15, 0.2) is 0 Å². The number of nitrogens with zero attached hydrogens (tertiary/aromatic N) is 1. The molecule has 1 aromatic carbocycles. The normalized spacial score (nSPS) is 17.6. The molecule has 1 unspecified atom stereocenters. The highest BCUT2D eigenvalue weighted by Gasteiger charge is 2.22. The zero-order valence-electron chi connectivity index (χ0n) is 12.4. The second-order valence-corrected chi connectivity index (χ2v) is 6.10. The van der Waals surface area contributed by atoms with Crippen LogP contribution in [0.1, 0.15) is 29.2 Å². The lowest BCUT2D eigenvalue weighted by Crippen LogP contribution is -2.16. The van der Waals surface area contributed by atoms with E-state index in [9.17, 15) is 4.79 Å². The van der Waals surface area contributed by atoms with Gasteiger partial charge in [-0.1, -0.05) is 23.7 Å². The van der Waals surface area contributed by atoms with Crippen LogP contribution in [0.5, 0.6) is 0 Å². The van der Waals surface area contributed by atoms with Gasteiger partial charge in [0, 0.05) is 17.5 Å². The zero-order valence-corrected chi connectivity index (χ0v) is 13.2. The van der Waals surface area contributed by atoms with E-state index in [2.05, 4.69) is 20.8 Å². The van der Waals surface area contributed by atoms with Crippen molar-refractivity contribution < 1.29 is 4.79 Å². The Balaban J connectivity index is 1.67. The molecule has 3 N–H and O–H groups in total. The minimum atomic E-state index is -0.0616. The van der Waals surface area contributed by atoms with Crippen LogP contribution in [0.4, 0.5) is 5.69 Å². The molecule has 116 valence electrons. The summed E-state index contributed by atoms with van der Waals surface area (Å²) in [5.74, 6) is 0.320. The number of anilines is 1. The van der Waals surface area contributed by atoms with Crippen LogP contribution in [0.25, 0.3) is 0 Å². The fourth-order valence-electron chi connectivity index (χ4n) is 2.73. The van der Waals surface area contributed by atoms with Crippen molar-refractivity contribution in [3.05, 3.63) is 46.2 Å². The van der Waals surface area contributed by atoms with Gasteiger partial charge in [0.25, 0.3) is 0 Å². The summed E-state index contributed by atoms with van der Waals surface area (Å²) in [6.07, 6.45) is 3.03. The minimum Gasteiger partial charge on any atom is -0.323 e. The van der Waals surface area contributed by atoms with E-state index in [1.165, 1.54) is 0 Å². The van der Waals surface area contributed by atoms with Crippen LogP contribution in [0, 0.1) is 6.92 Å². The first kappa shape index (κ1) is 15.1. The van der Waals surface area contributed by atoms with E-state index >= 15 is 0 Å². The van der Waals surface area contributed by atoms with Crippen LogP contribution < -0.4 is 10.6 Å². The van der Waals surface area contributed by atoms with Crippen molar-refractivity contribution in [3.8, 4) is 0 Å². The predicted molar refractivity (Wildman–Crippen MR) is 87.3 cm³/mol. The Morgan fingerprint density at radius 1 is 1.50 bits per heavy atom. The van der Waals surface area contributed by atoms with Gasteiger partial charge < -0.3 is 10.6 Å². The molecule has 3 rings (SSSR count). The Morgan fingerprint density at radius 3 is 3.09 bits per heavy atom. The van der Waals surface area contributed by atoms with Crippen molar-refractivity contribution in [2.75, 3.05) is 18.4 Å². The smallest absolute Gasteiger partial charge is 0.228 e. The van der Waals surface area contributed by atoms with Crippen molar-refractivity contribution in [2.24, 2.45) is 0 Å². The largest absolute Gasteiger partial charge is 0.323 e. The summed E-state index contributed by atoms with van der Waals surface area (Å²) in [4.78, 5) is 12.2. The lowest BCUT2D eigenvalue weighted by molar-refractivity contribution is -0.115. The number of carbonyl (C=O) groups is 1. The van der Waals surface area contributed by atoms with Crippen LogP contribution in [0.3, 0.4) is 0 Å². The highest BCUT2D eigenvalue weighted by atomic mass is 35.5. The number of H-pyrrole nitrogens is 1. The maximum atomic E-state index is 12.2. The Bertz CT molecular complexity index is 677. The number of aryl methyl sites for hydroxylation is 1. The Hall–Kier alpha value is -1.85. The molecule has 1 amide bonds. The van der Waals surface area contributed by atoms with Crippen LogP contribution in [0.15, 0.2) is 24.4 Å². The molecule has 0 radical (unpaired) electrons. The summed E-state index contributed by atoms with van der Waals surface area (Å²) in [6, 6.07) is 5.70. The predicted octanol–water partition coefficient (Wildman–Crippen LogP) is 2.63. The molecule has 1 aliphatic heterocycles. The number of rotatable bonds is 4. The van der Waals surface area contributed by atoms with Crippen LogP contribution in [-0.2, 0) is 11.2 Å². The van der Waals surface area contributed by atoms with Gasteiger partial charge in [-0.05, 0) is 37.1 Å². The molecular formula is C16H19ClN4O. The molecule has 22 heavy (non-hydrogen) atoms. The standard InChI is InChI=1S/C16H19ClN4O/c1-10-2-3-11(6-13(10)17)7-15(22)20-14-9-19-21-16(14)12-4-5-18-8-12/h2-3,6,9,12,18H,4-5,7-8H2,1H3,(H,19,21)(H,20,22). The molecule has 1 saturated heterocycles. The maximum absolute atomic E-state index is 12.2. The van der Waals surface area contributed by atoms with E-state index in [1.807, 2.05) is 25.1 Å². The first-order valence-electron chi connectivity index (χ1n) is 7.42. The van der Waals surface area contributed by atoms with E-state index in [4.69, 9.17) is 11.6 Å². The van der Waals surface area contributed by atoms with E-state index < -0.39 is 0 Å². The maximum Gasteiger partial charge on any atom is 0.228 e. The van der Waals surface area contributed by atoms with Crippen molar-refractivity contribution in [2.45, 2.75) is 25.7 Å². The molecule has 6 heteroatoms. The van der Waals surface area contributed by atoms with E-state index in [0.717, 1.165) is 42.0 Å². The number of carbonyl (C=O) groups excluding carboxylic acids is 1. The van der Waals surface area contributed by atoms with Crippen LogP contribution in [0.2, 0.25) is 5.02 Å². The number of hydrogen-bond donors (Lipinski definition) is 3. The highest BCUT2D eigenvalue weighted by Crippen LogP contribution is 2.27. The second kappa shape index (κ2) is 6.50. The molecule has 2 aromatic rings. The number of halogens is 1. The van der Waals surface area contributed by atoms with E-state index in [-0.39, 0.29) is 5.91 Å². The molecule has 1 atom stereocenters. The molecule has 0 saturated carbocycles. The fourth-order valence-corrected chi connectivity index (χ4v) is 2.94. The third-order valence-corrected chi connectivity index (χ3v) is 4.42. The van der Waals surface area contributed by atoms with Crippen LogP contribution in [-0.4, -0.2) is 29.2 Å². The number of hydrogen-bond acceptors (Lipinski definition) is 3. The number of nitrogens with one attached hydrogen (secondary N) is 3. The number of benzene rings is 1. The molecule has 1 aromatic heterocycles. The lowest BCUT2D eigenvalue weighted by Gasteiger charge is -2.10. The van der Waals surface area contributed by atoms with E-state index in [0.29, 0.717) is 17.4 Å². The fraction of sp³-hybridized carbons (Fsp3) is 0.375. The topological polar surface area (TPSA) is 69.8 Å². The molecule has 1 fully saturated rings.